The largest absolute Gasteiger partial charge is 0.352 e. The predicted molar refractivity (Wildman–Crippen MR) is 77.9 cm³/mol. The highest BCUT2D eigenvalue weighted by Gasteiger charge is 2.19. The number of aromatic nitrogens is 3. The highest BCUT2D eigenvalue weighted by Crippen LogP contribution is 2.25. The third-order valence-corrected chi connectivity index (χ3v) is 3.53. The van der Waals surface area contributed by atoms with Gasteiger partial charge in [0.2, 0.25) is 5.91 Å². The summed E-state index contributed by atoms with van der Waals surface area (Å²) in [6.45, 7) is 5.46. The van der Waals surface area contributed by atoms with Gasteiger partial charge in [0.1, 0.15) is 5.82 Å². The Morgan fingerprint density at radius 1 is 1.35 bits per heavy atom. The van der Waals surface area contributed by atoms with Gasteiger partial charge in [-0.05, 0) is 7.05 Å². The van der Waals surface area contributed by atoms with Gasteiger partial charge < -0.3 is 15.1 Å². The Morgan fingerprint density at radius 3 is 2.80 bits per heavy atom. The average molecular weight is 274 g/mol. The number of carbonyl (C=O) groups is 1. The number of aromatic amines is 1. The molecule has 0 bridgehead atoms. The molecule has 0 aromatic carbocycles. The second-order valence-corrected chi connectivity index (χ2v) is 5.13. The third-order valence-electron chi connectivity index (χ3n) is 3.53. The van der Waals surface area contributed by atoms with Gasteiger partial charge in [0.05, 0.1) is 10.9 Å². The van der Waals surface area contributed by atoms with E-state index in [1.54, 1.807) is 6.20 Å². The molecule has 1 amide bonds. The fourth-order valence-corrected chi connectivity index (χ4v) is 2.41. The average Bonchev–Trinajstić information content (AvgIpc) is 2.82. The van der Waals surface area contributed by atoms with Gasteiger partial charge in [-0.1, -0.05) is 0 Å². The van der Waals surface area contributed by atoms with E-state index in [4.69, 9.17) is 0 Å². The summed E-state index contributed by atoms with van der Waals surface area (Å²) in [4.78, 5) is 19.9. The number of pyridine rings is 1. The molecule has 0 unspecified atom stereocenters. The summed E-state index contributed by atoms with van der Waals surface area (Å²) in [7, 11) is 2.13. The van der Waals surface area contributed by atoms with Crippen molar-refractivity contribution >= 4 is 28.4 Å². The third kappa shape index (κ3) is 2.44. The van der Waals surface area contributed by atoms with Gasteiger partial charge >= 0.3 is 0 Å². The predicted octanol–water partition coefficient (Wildman–Crippen LogP) is 0.668. The zero-order chi connectivity index (χ0) is 14.1. The number of hydrogen-bond acceptors (Lipinski definition) is 5. The molecule has 2 aromatic rings. The van der Waals surface area contributed by atoms with Crippen LogP contribution >= 0.6 is 0 Å². The van der Waals surface area contributed by atoms with Crippen LogP contribution in [-0.2, 0) is 4.79 Å². The summed E-state index contributed by atoms with van der Waals surface area (Å²) in [5.74, 6) is 1.35. The molecule has 3 heterocycles. The summed E-state index contributed by atoms with van der Waals surface area (Å²) in [6, 6.07) is 1.81. The van der Waals surface area contributed by atoms with Crippen molar-refractivity contribution in [3.05, 3.63) is 12.3 Å². The molecule has 7 heteroatoms. The van der Waals surface area contributed by atoms with E-state index in [-0.39, 0.29) is 5.91 Å². The number of amides is 1. The first-order valence-corrected chi connectivity index (χ1v) is 6.68. The van der Waals surface area contributed by atoms with E-state index in [0.717, 1.165) is 42.9 Å². The Bertz CT molecular complexity index is 629. The Hall–Kier alpha value is -2.15. The van der Waals surface area contributed by atoms with Crippen molar-refractivity contribution in [2.75, 3.05) is 43.4 Å². The molecule has 0 spiro atoms. The maximum absolute atomic E-state index is 11.0. The first kappa shape index (κ1) is 12.9. The molecule has 0 atom stereocenters. The maximum atomic E-state index is 11.0. The number of H-pyrrole nitrogens is 1. The van der Waals surface area contributed by atoms with Crippen molar-refractivity contribution in [3.63, 3.8) is 0 Å². The van der Waals surface area contributed by atoms with Crippen LogP contribution in [-0.4, -0.2) is 59.2 Å². The number of anilines is 2. The van der Waals surface area contributed by atoms with Crippen LogP contribution in [0.1, 0.15) is 6.92 Å². The number of hydrogen-bond donors (Lipinski definition) is 2. The minimum Gasteiger partial charge on any atom is -0.352 e. The molecule has 2 aromatic heterocycles. The highest BCUT2D eigenvalue weighted by atomic mass is 16.1. The first-order chi connectivity index (χ1) is 9.63. The Balaban J connectivity index is 1.88. The minimum absolute atomic E-state index is 0.129. The number of likely N-dealkylation sites (N-methyl/N-ethyl adjacent to an activating group) is 1. The molecular weight excluding hydrogens is 256 g/mol. The molecular formula is C13H18N6O. The summed E-state index contributed by atoms with van der Waals surface area (Å²) < 4.78 is 0. The fourth-order valence-electron chi connectivity index (χ4n) is 2.41. The van der Waals surface area contributed by atoms with Crippen LogP contribution in [0.5, 0.6) is 0 Å². The Kier molecular flexibility index (Phi) is 3.27. The zero-order valence-corrected chi connectivity index (χ0v) is 11.7. The first-order valence-electron chi connectivity index (χ1n) is 6.68. The fraction of sp³-hybridized carbons (Fsp3) is 0.462. The molecule has 3 rings (SSSR count). The smallest absolute Gasteiger partial charge is 0.222 e. The SMILES string of the molecule is CC(=O)Nc1cc2[nH]nc(N3CCN(C)CC3)c2cn1. The van der Waals surface area contributed by atoms with Crippen LogP contribution in [0.25, 0.3) is 10.9 Å². The molecule has 2 N–H and O–H groups in total. The summed E-state index contributed by atoms with van der Waals surface area (Å²) in [5.41, 5.74) is 0.887. The highest BCUT2D eigenvalue weighted by molar-refractivity contribution is 5.94. The Morgan fingerprint density at radius 2 is 2.10 bits per heavy atom. The van der Waals surface area contributed by atoms with Gasteiger partial charge in [0, 0.05) is 45.4 Å². The number of nitrogens with zero attached hydrogens (tertiary/aromatic N) is 4. The number of rotatable bonds is 2. The van der Waals surface area contributed by atoms with E-state index < -0.39 is 0 Å². The van der Waals surface area contributed by atoms with E-state index >= 15 is 0 Å². The molecule has 1 saturated heterocycles. The van der Waals surface area contributed by atoms with Gasteiger partial charge in [-0.2, -0.15) is 5.10 Å². The topological polar surface area (TPSA) is 77.2 Å². The summed E-state index contributed by atoms with van der Waals surface area (Å²) in [6.07, 6.45) is 1.76. The van der Waals surface area contributed by atoms with Gasteiger partial charge in [0.25, 0.3) is 0 Å². The lowest BCUT2D eigenvalue weighted by Crippen LogP contribution is -2.44. The van der Waals surface area contributed by atoms with E-state index in [2.05, 4.69) is 37.3 Å². The lowest BCUT2D eigenvalue weighted by atomic mass is 10.2. The zero-order valence-electron chi connectivity index (χ0n) is 11.7. The van der Waals surface area contributed by atoms with Gasteiger partial charge in [-0.25, -0.2) is 4.98 Å². The number of fused-ring (bicyclic) bond motifs is 1. The normalized spacial score (nSPS) is 16.6. The van der Waals surface area contributed by atoms with Crippen LogP contribution in [0.4, 0.5) is 11.6 Å². The number of piperazine rings is 1. The lowest BCUT2D eigenvalue weighted by molar-refractivity contribution is -0.114. The molecule has 7 nitrogen and oxygen atoms in total. The van der Waals surface area contributed by atoms with Crippen molar-refractivity contribution in [1.82, 2.24) is 20.1 Å². The van der Waals surface area contributed by atoms with E-state index in [1.165, 1.54) is 6.92 Å². The summed E-state index contributed by atoms with van der Waals surface area (Å²) >= 11 is 0. The maximum Gasteiger partial charge on any atom is 0.222 e. The molecule has 0 aliphatic carbocycles. The van der Waals surface area contributed by atoms with Crippen molar-refractivity contribution in [2.24, 2.45) is 0 Å². The second kappa shape index (κ2) is 5.09. The quantitative estimate of drug-likeness (QED) is 0.841. The number of carbonyl (C=O) groups excluding carboxylic acids is 1. The van der Waals surface area contributed by atoms with E-state index in [0.29, 0.717) is 5.82 Å². The van der Waals surface area contributed by atoms with Crippen molar-refractivity contribution in [3.8, 4) is 0 Å². The Labute approximate surface area is 117 Å². The molecule has 106 valence electrons. The molecule has 0 radical (unpaired) electrons. The molecule has 1 aliphatic rings. The summed E-state index contributed by atoms with van der Waals surface area (Å²) in [5, 5.41) is 11.1. The minimum atomic E-state index is -0.129. The van der Waals surface area contributed by atoms with Crippen LogP contribution in [0.2, 0.25) is 0 Å². The van der Waals surface area contributed by atoms with Crippen LogP contribution in [0.15, 0.2) is 12.3 Å². The van der Waals surface area contributed by atoms with Crippen molar-refractivity contribution in [1.29, 1.82) is 0 Å². The molecule has 20 heavy (non-hydrogen) atoms. The van der Waals surface area contributed by atoms with E-state index in [1.807, 2.05) is 6.07 Å². The van der Waals surface area contributed by atoms with Crippen LogP contribution in [0.3, 0.4) is 0 Å². The lowest BCUT2D eigenvalue weighted by Gasteiger charge is -2.32. The standard InChI is InChI=1S/C13H18N6O/c1-9(20)15-12-7-11-10(8-14-12)13(17-16-11)19-5-3-18(2)4-6-19/h7-8H,3-6H2,1-2H3,(H,16,17)(H,14,15,20). The monoisotopic (exact) mass is 274 g/mol. The van der Waals surface area contributed by atoms with Gasteiger partial charge in [0.15, 0.2) is 5.82 Å². The second-order valence-electron chi connectivity index (χ2n) is 5.13. The van der Waals surface area contributed by atoms with E-state index in [9.17, 15) is 4.79 Å². The van der Waals surface area contributed by atoms with Gasteiger partial charge in [-0.3, -0.25) is 9.89 Å². The van der Waals surface area contributed by atoms with Crippen molar-refractivity contribution in [2.45, 2.75) is 6.92 Å². The van der Waals surface area contributed by atoms with Crippen molar-refractivity contribution < 1.29 is 4.79 Å². The molecule has 1 aliphatic heterocycles. The van der Waals surface area contributed by atoms with Crippen LogP contribution < -0.4 is 10.2 Å². The molecule has 1 fully saturated rings. The molecule has 0 saturated carbocycles. The van der Waals surface area contributed by atoms with Crippen LogP contribution in [0, 0.1) is 0 Å². The number of nitrogens with one attached hydrogen (secondary N) is 2. The van der Waals surface area contributed by atoms with Gasteiger partial charge in [-0.15, -0.1) is 0 Å².